The van der Waals surface area contributed by atoms with Gasteiger partial charge in [0.15, 0.2) is 11.5 Å². The van der Waals surface area contributed by atoms with E-state index in [1.807, 2.05) is 29.6 Å². The van der Waals surface area contributed by atoms with Crippen molar-refractivity contribution < 1.29 is 14.2 Å². The van der Waals surface area contributed by atoms with E-state index in [0.717, 1.165) is 27.4 Å². The number of aromatic nitrogens is 1. The monoisotopic (exact) mass is 449 g/mol. The van der Waals surface area contributed by atoms with Crippen molar-refractivity contribution in [2.24, 2.45) is 10.1 Å². The minimum atomic E-state index is 0.233. The fourth-order valence-electron chi connectivity index (χ4n) is 2.75. The van der Waals surface area contributed by atoms with Gasteiger partial charge in [0.2, 0.25) is 11.6 Å². The number of hydrogen-bond acceptors (Lipinski definition) is 6. The lowest BCUT2D eigenvalue weighted by Crippen LogP contribution is -2.13. The molecule has 0 fully saturated rings. The number of hydrogen-bond donors (Lipinski definition) is 0. The van der Waals surface area contributed by atoms with Crippen LogP contribution in [-0.2, 0) is 4.74 Å². The molecule has 2 aromatic carbocycles. The third kappa shape index (κ3) is 4.48. The van der Waals surface area contributed by atoms with Gasteiger partial charge in [-0.3, -0.25) is 4.99 Å². The van der Waals surface area contributed by atoms with E-state index in [9.17, 15) is 0 Å². The molecule has 0 saturated heterocycles. The van der Waals surface area contributed by atoms with Crippen molar-refractivity contribution in [2.45, 2.75) is 0 Å². The molecule has 0 bridgehead atoms. The largest absolute Gasteiger partial charge is 0.454 e. The molecule has 29 heavy (non-hydrogen) atoms. The number of ether oxygens (including phenoxy) is 3. The Morgan fingerprint density at radius 1 is 1.17 bits per heavy atom. The van der Waals surface area contributed by atoms with Crippen LogP contribution in [0.4, 0.5) is 0 Å². The first kappa shape index (κ1) is 20.0. The molecule has 0 unspecified atom stereocenters. The van der Waals surface area contributed by atoms with Gasteiger partial charge in [-0.1, -0.05) is 23.2 Å². The van der Waals surface area contributed by atoms with E-state index < -0.39 is 0 Å². The SMILES string of the molecule is COCCN=c1scc(-c2ccc(Cl)cc2Cl)n1/N=C/c1ccc2c(c1)OCO2. The zero-order valence-electron chi connectivity index (χ0n) is 15.5. The molecule has 0 aliphatic carbocycles. The van der Waals surface area contributed by atoms with Crippen LogP contribution in [0.3, 0.4) is 0 Å². The number of thiazole rings is 1. The highest BCUT2D eigenvalue weighted by Gasteiger charge is 2.14. The van der Waals surface area contributed by atoms with Crippen molar-refractivity contribution in [3.63, 3.8) is 0 Å². The first-order valence-electron chi connectivity index (χ1n) is 8.75. The third-order valence-corrected chi connectivity index (χ3v) is 5.56. The molecule has 6 nitrogen and oxygen atoms in total. The number of fused-ring (bicyclic) bond motifs is 1. The smallest absolute Gasteiger partial charge is 0.231 e. The van der Waals surface area contributed by atoms with Gasteiger partial charge >= 0.3 is 0 Å². The lowest BCUT2D eigenvalue weighted by molar-refractivity contribution is 0.174. The summed E-state index contributed by atoms with van der Waals surface area (Å²) in [5.74, 6) is 1.43. The quantitative estimate of drug-likeness (QED) is 0.405. The van der Waals surface area contributed by atoms with Gasteiger partial charge in [0.05, 0.1) is 30.1 Å². The van der Waals surface area contributed by atoms with Gasteiger partial charge in [-0.15, -0.1) is 11.3 Å². The zero-order valence-corrected chi connectivity index (χ0v) is 17.8. The van der Waals surface area contributed by atoms with Crippen LogP contribution >= 0.6 is 34.5 Å². The highest BCUT2D eigenvalue weighted by Crippen LogP contribution is 2.32. The second-order valence-corrected chi connectivity index (χ2v) is 7.75. The van der Waals surface area contributed by atoms with E-state index in [2.05, 4.69) is 10.1 Å². The fourth-order valence-corrected chi connectivity index (χ4v) is 4.11. The molecule has 1 aliphatic heterocycles. The molecule has 3 aromatic rings. The average molecular weight is 450 g/mol. The summed E-state index contributed by atoms with van der Waals surface area (Å²) in [6, 6.07) is 11.1. The van der Waals surface area contributed by atoms with Crippen LogP contribution in [-0.4, -0.2) is 37.9 Å². The Balaban J connectivity index is 1.75. The van der Waals surface area contributed by atoms with Crippen LogP contribution in [0.2, 0.25) is 10.0 Å². The van der Waals surface area contributed by atoms with Crippen LogP contribution < -0.4 is 14.3 Å². The van der Waals surface area contributed by atoms with E-state index in [1.54, 1.807) is 30.1 Å². The Bertz CT molecular complexity index is 1120. The first-order chi connectivity index (χ1) is 14.2. The maximum atomic E-state index is 6.43. The van der Waals surface area contributed by atoms with Crippen molar-refractivity contribution >= 4 is 40.8 Å². The molecule has 150 valence electrons. The second kappa shape index (κ2) is 9.00. The summed E-state index contributed by atoms with van der Waals surface area (Å²) in [5.41, 5.74) is 2.53. The van der Waals surface area contributed by atoms with Gasteiger partial charge in [-0.2, -0.15) is 5.10 Å². The van der Waals surface area contributed by atoms with Crippen molar-refractivity contribution in [1.82, 2.24) is 4.68 Å². The van der Waals surface area contributed by atoms with Gasteiger partial charge in [0, 0.05) is 23.1 Å². The molecular weight excluding hydrogens is 433 g/mol. The number of nitrogens with zero attached hydrogens (tertiary/aromatic N) is 3. The normalized spacial score (nSPS) is 13.6. The second-order valence-electron chi connectivity index (χ2n) is 6.07. The maximum Gasteiger partial charge on any atom is 0.231 e. The summed E-state index contributed by atoms with van der Waals surface area (Å²) in [7, 11) is 1.65. The Kier molecular flexibility index (Phi) is 6.20. The maximum absolute atomic E-state index is 6.43. The van der Waals surface area contributed by atoms with E-state index in [0.29, 0.717) is 28.9 Å². The summed E-state index contributed by atoms with van der Waals surface area (Å²) in [5, 5.41) is 7.76. The highest BCUT2D eigenvalue weighted by atomic mass is 35.5. The number of methoxy groups -OCH3 is 1. The summed E-state index contributed by atoms with van der Waals surface area (Å²) in [6.45, 7) is 1.29. The Morgan fingerprint density at radius 2 is 2.03 bits per heavy atom. The minimum absolute atomic E-state index is 0.233. The first-order valence-corrected chi connectivity index (χ1v) is 10.4. The van der Waals surface area contributed by atoms with Gasteiger partial charge in [0.1, 0.15) is 0 Å². The lowest BCUT2D eigenvalue weighted by atomic mass is 10.2. The standard InChI is InChI=1S/C20H17Cl2N3O3S/c1-26-7-6-23-20-25(17(11-29-20)15-4-3-14(21)9-16(15)22)24-10-13-2-5-18-19(8-13)28-12-27-18/h2-5,8-11H,6-7,12H2,1H3/b23-20?,24-10+. The van der Waals surface area contributed by atoms with Crippen LogP contribution in [0.5, 0.6) is 11.5 Å². The molecule has 0 spiro atoms. The Labute approximate surface area is 181 Å². The summed E-state index contributed by atoms with van der Waals surface area (Å²) < 4.78 is 17.7. The van der Waals surface area contributed by atoms with Crippen LogP contribution in [0.25, 0.3) is 11.3 Å². The van der Waals surface area contributed by atoms with E-state index >= 15 is 0 Å². The molecule has 0 amide bonds. The molecule has 0 atom stereocenters. The molecule has 4 rings (SSSR count). The molecule has 1 aromatic heterocycles. The molecular formula is C20H17Cl2N3O3S. The van der Waals surface area contributed by atoms with Crippen molar-refractivity contribution in [3.05, 3.63) is 62.2 Å². The van der Waals surface area contributed by atoms with E-state index in [1.165, 1.54) is 11.3 Å². The van der Waals surface area contributed by atoms with Crippen molar-refractivity contribution in [2.75, 3.05) is 27.1 Å². The molecule has 2 heterocycles. The average Bonchev–Trinajstić information content (AvgIpc) is 3.33. The van der Waals surface area contributed by atoms with E-state index in [4.69, 9.17) is 37.4 Å². The topological polar surface area (TPSA) is 57.3 Å². The fraction of sp³-hybridized carbons (Fsp3) is 0.200. The van der Waals surface area contributed by atoms with Crippen molar-refractivity contribution in [1.29, 1.82) is 0 Å². The minimum Gasteiger partial charge on any atom is -0.454 e. The Morgan fingerprint density at radius 3 is 2.86 bits per heavy atom. The van der Waals surface area contributed by atoms with Crippen molar-refractivity contribution in [3.8, 4) is 22.8 Å². The highest BCUT2D eigenvalue weighted by molar-refractivity contribution is 7.07. The summed E-state index contributed by atoms with van der Waals surface area (Å²) in [6.07, 6.45) is 1.75. The number of rotatable bonds is 6. The van der Waals surface area contributed by atoms with Gasteiger partial charge < -0.3 is 14.2 Å². The Hall–Kier alpha value is -2.32. The summed E-state index contributed by atoms with van der Waals surface area (Å²) in [4.78, 5) is 5.32. The predicted octanol–water partition coefficient (Wildman–Crippen LogP) is 4.68. The van der Waals surface area contributed by atoms with E-state index in [-0.39, 0.29) is 6.79 Å². The third-order valence-electron chi connectivity index (χ3n) is 4.15. The van der Waals surface area contributed by atoms with Crippen LogP contribution in [0, 0.1) is 0 Å². The molecule has 9 heteroatoms. The lowest BCUT2D eigenvalue weighted by Gasteiger charge is -2.06. The molecule has 0 saturated carbocycles. The van der Waals surface area contributed by atoms with Crippen LogP contribution in [0.1, 0.15) is 5.56 Å². The van der Waals surface area contributed by atoms with Crippen LogP contribution in [0.15, 0.2) is 51.9 Å². The molecule has 0 radical (unpaired) electrons. The van der Waals surface area contributed by atoms with Gasteiger partial charge in [-0.25, -0.2) is 4.68 Å². The number of halogens is 2. The van der Waals surface area contributed by atoms with Gasteiger partial charge in [0.25, 0.3) is 0 Å². The van der Waals surface area contributed by atoms with Gasteiger partial charge in [-0.05, 0) is 42.0 Å². The molecule has 1 aliphatic rings. The number of benzene rings is 2. The predicted molar refractivity (Wildman–Crippen MR) is 116 cm³/mol. The zero-order chi connectivity index (χ0) is 20.2. The summed E-state index contributed by atoms with van der Waals surface area (Å²) >= 11 is 14.0. The molecule has 0 N–H and O–H groups in total.